The Balaban J connectivity index is 2.16. The van der Waals surface area contributed by atoms with Crippen molar-refractivity contribution in [3.63, 3.8) is 0 Å². The quantitative estimate of drug-likeness (QED) is 0.787. The minimum absolute atomic E-state index is 0.207. The predicted molar refractivity (Wildman–Crippen MR) is 80.3 cm³/mol. The number of nitrogens with zero attached hydrogens (tertiary/aromatic N) is 2. The van der Waals surface area contributed by atoms with Crippen LogP contribution in [0.25, 0.3) is 10.9 Å². The predicted octanol–water partition coefficient (Wildman–Crippen LogP) is 2.87. The van der Waals surface area contributed by atoms with Gasteiger partial charge in [0.25, 0.3) is 0 Å². The van der Waals surface area contributed by atoms with Gasteiger partial charge in [-0.05, 0) is 32.9 Å². The highest BCUT2D eigenvalue weighted by atomic mass is 16.5. The lowest BCUT2D eigenvalue weighted by atomic mass is 10.2. The summed E-state index contributed by atoms with van der Waals surface area (Å²) in [5.74, 6) is 1.19. The van der Waals surface area contributed by atoms with E-state index in [9.17, 15) is 0 Å². The highest BCUT2D eigenvalue weighted by molar-refractivity contribution is 5.84. The van der Waals surface area contributed by atoms with Crippen LogP contribution in [0.2, 0.25) is 0 Å². The van der Waals surface area contributed by atoms with E-state index in [1.54, 1.807) is 0 Å². The van der Waals surface area contributed by atoms with Gasteiger partial charge in [-0.25, -0.2) is 4.98 Å². The number of para-hydroxylation sites is 1. The Labute approximate surface area is 119 Å². The summed E-state index contributed by atoms with van der Waals surface area (Å²) in [4.78, 5) is 8.86. The zero-order valence-electron chi connectivity index (χ0n) is 12.2. The van der Waals surface area contributed by atoms with Crippen molar-refractivity contribution in [3.05, 3.63) is 24.3 Å². The molecule has 0 spiro atoms. The summed E-state index contributed by atoms with van der Waals surface area (Å²) < 4.78 is 11.2. The second-order valence-corrected chi connectivity index (χ2v) is 4.67. The van der Waals surface area contributed by atoms with E-state index < -0.39 is 0 Å². The first kappa shape index (κ1) is 14.5. The summed E-state index contributed by atoms with van der Waals surface area (Å²) >= 11 is 0. The summed E-state index contributed by atoms with van der Waals surface area (Å²) in [5.41, 5.74) is 0.873. The molecule has 0 aliphatic rings. The molecule has 0 saturated carbocycles. The monoisotopic (exact) mass is 275 g/mol. The highest BCUT2D eigenvalue weighted by Crippen LogP contribution is 2.23. The van der Waals surface area contributed by atoms with Crippen LogP contribution < -0.4 is 10.1 Å². The minimum atomic E-state index is 0.207. The second kappa shape index (κ2) is 7.05. The van der Waals surface area contributed by atoms with Gasteiger partial charge in [0.05, 0.1) is 23.6 Å². The smallest absolute Gasteiger partial charge is 0.226 e. The molecule has 108 valence electrons. The molecule has 2 aromatic rings. The van der Waals surface area contributed by atoms with Crippen LogP contribution in [0.1, 0.15) is 20.8 Å². The van der Waals surface area contributed by atoms with Gasteiger partial charge in [-0.2, -0.15) is 4.98 Å². The maximum atomic E-state index is 5.74. The van der Waals surface area contributed by atoms with E-state index >= 15 is 0 Å². The summed E-state index contributed by atoms with van der Waals surface area (Å²) in [7, 11) is 0. The van der Waals surface area contributed by atoms with Gasteiger partial charge in [0.1, 0.15) is 6.61 Å². The number of ether oxygens (including phenoxy) is 2. The van der Waals surface area contributed by atoms with E-state index in [2.05, 4.69) is 15.3 Å². The standard InChI is InChI=1S/C15H21N3O2/c1-4-16-15-17-13-8-6-5-7-12(13)14(18-15)20-10-9-19-11(2)3/h5-8,11H,4,9-10H2,1-3H3,(H,16,17,18). The molecular weight excluding hydrogens is 254 g/mol. The van der Waals surface area contributed by atoms with Crippen LogP contribution in [0.15, 0.2) is 24.3 Å². The van der Waals surface area contributed by atoms with Crippen molar-refractivity contribution in [2.24, 2.45) is 0 Å². The van der Waals surface area contributed by atoms with Crippen molar-refractivity contribution in [3.8, 4) is 5.88 Å². The van der Waals surface area contributed by atoms with Crippen molar-refractivity contribution >= 4 is 16.9 Å². The normalized spacial score (nSPS) is 11.0. The average Bonchev–Trinajstić information content (AvgIpc) is 2.43. The Morgan fingerprint density at radius 3 is 2.70 bits per heavy atom. The topological polar surface area (TPSA) is 56.3 Å². The number of hydrogen-bond acceptors (Lipinski definition) is 5. The fourth-order valence-electron chi connectivity index (χ4n) is 1.82. The van der Waals surface area contributed by atoms with E-state index in [0.717, 1.165) is 17.4 Å². The maximum absolute atomic E-state index is 5.74. The van der Waals surface area contributed by atoms with Crippen LogP contribution >= 0.6 is 0 Å². The minimum Gasteiger partial charge on any atom is -0.475 e. The van der Waals surface area contributed by atoms with Crippen LogP contribution in [0.5, 0.6) is 5.88 Å². The van der Waals surface area contributed by atoms with Gasteiger partial charge >= 0.3 is 0 Å². The van der Waals surface area contributed by atoms with Gasteiger partial charge in [-0.1, -0.05) is 12.1 Å². The van der Waals surface area contributed by atoms with Crippen molar-refractivity contribution in [1.29, 1.82) is 0 Å². The summed E-state index contributed by atoms with van der Waals surface area (Å²) in [6, 6.07) is 7.83. The zero-order valence-corrected chi connectivity index (χ0v) is 12.2. The van der Waals surface area contributed by atoms with Crippen LogP contribution in [0, 0.1) is 0 Å². The van der Waals surface area contributed by atoms with Gasteiger partial charge in [0.2, 0.25) is 11.8 Å². The molecule has 0 atom stereocenters. The molecule has 1 aromatic heterocycles. The van der Waals surface area contributed by atoms with Crippen LogP contribution in [-0.2, 0) is 4.74 Å². The lowest BCUT2D eigenvalue weighted by molar-refractivity contribution is 0.0546. The number of benzene rings is 1. The number of hydrogen-bond donors (Lipinski definition) is 1. The van der Waals surface area contributed by atoms with Gasteiger partial charge in [-0.3, -0.25) is 0 Å². The first-order chi connectivity index (χ1) is 9.70. The number of nitrogens with one attached hydrogen (secondary N) is 1. The molecule has 0 saturated heterocycles. The lowest BCUT2D eigenvalue weighted by Crippen LogP contribution is -2.12. The van der Waals surface area contributed by atoms with Crippen molar-refractivity contribution in [2.45, 2.75) is 26.9 Å². The molecule has 2 rings (SSSR count). The SMILES string of the molecule is CCNc1nc(OCCOC(C)C)c2ccccc2n1. The van der Waals surface area contributed by atoms with Crippen LogP contribution in [-0.4, -0.2) is 35.8 Å². The van der Waals surface area contributed by atoms with E-state index in [4.69, 9.17) is 9.47 Å². The molecule has 20 heavy (non-hydrogen) atoms. The van der Waals surface area contributed by atoms with Gasteiger partial charge in [0.15, 0.2) is 0 Å². The van der Waals surface area contributed by atoms with Crippen molar-refractivity contribution in [2.75, 3.05) is 25.1 Å². The summed E-state index contributed by atoms with van der Waals surface area (Å²) in [6.45, 7) is 7.81. The second-order valence-electron chi connectivity index (χ2n) is 4.67. The molecule has 0 bridgehead atoms. The fourth-order valence-corrected chi connectivity index (χ4v) is 1.82. The Morgan fingerprint density at radius 1 is 1.15 bits per heavy atom. The Bertz CT molecular complexity index is 558. The molecule has 1 aromatic carbocycles. The van der Waals surface area contributed by atoms with Gasteiger partial charge in [-0.15, -0.1) is 0 Å². The number of rotatable bonds is 7. The number of fused-ring (bicyclic) bond motifs is 1. The van der Waals surface area contributed by atoms with E-state index in [0.29, 0.717) is 25.0 Å². The number of aromatic nitrogens is 2. The third kappa shape index (κ3) is 3.81. The van der Waals surface area contributed by atoms with E-state index in [1.165, 1.54) is 0 Å². The Hall–Kier alpha value is -1.88. The molecule has 1 heterocycles. The van der Waals surface area contributed by atoms with E-state index in [1.807, 2.05) is 45.0 Å². The maximum Gasteiger partial charge on any atom is 0.226 e. The first-order valence-electron chi connectivity index (χ1n) is 6.95. The molecule has 1 N–H and O–H groups in total. The molecule has 0 fully saturated rings. The largest absolute Gasteiger partial charge is 0.475 e. The zero-order chi connectivity index (χ0) is 14.4. The van der Waals surface area contributed by atoms with Gasteiger partial charge in [0, 0.05) is 6.54 Å². The average molecular weight is 275 g/mol. The first-order valence-corrected chi connectivity index (χ1v) is 6.95. The van der Waals surface area contributed by atoms with Crippen molar-refractivity contribution < 1.29 is 9.47 Å². The third-order valence-electron chi connectivity index (χ3n) is 2.68. The third-order valence-corrected chi connectivity index (χ3v) is 2.68. The molecule has 0 amide bonds. The molecular formula is C15H21N3O2. The molecule has 0 aliphatic heterocycles. The molecule has 0 radical (unpaired) electrons. The molecule has 5 nitrogen and oxygen atoms in total. The fraction of sp³-hybridized carbons (Fsp3) is 0.467. The lowest BCUT2D eigenvalue weighted by Gasteiger charge is -2.11. The van der Waals surface area contributed by atoms with Crippen LogP contribution in [0.4, 0.5) is 5.95 Å². The summed E-state index contributed by atoms with van der Waals surface area (Å²) in [6.07, 6.45) is 0.207. The molecule has 0 aliphatic carbocycles. The number of anilines is 1. The van der Waals surface area contributed by atoms with Crippen LogP contribution in [0.3, 0.4) is 0 Å². The van der Waals surface area contributed by atoms with E-state index in [-0.39, 0.29) is 6.10 Å². The molecule has 5 heteroatoms. The van der Waals surface area contributed by atoms with Gasteiger partial charge < -0.3 is 14.8 Å². The highest BCUT2D eigenvalue weighted by Gasteiger charge is 2.08. The Morgan fingerprint density at radius 2 is 1.95 bits per heavy atom. The summed E-state index contributed by atoms with van der Waals surface area (Å²) in [5, 5.41) is 4.03. The Kier molecular flexibility index (Phi) is 5.12. The molecule has 0 unspecified atom stereocenters. The van der Waals surface area contributed by atoms with Crippen molar-refractivity contribution in [1.82, 2.24) is 9.97 Å².